The molecule has 174 valence electrons. The van der Waals surface area contributed by atoms with Gasteiger partial charge in [0.1, 0.15) is 0 Å². The van der Waals surface area contributed by atoms with Crippen LogP contribution in [0.15, 0.2) is 66.7 Å². The summed E-state index contributed by atoms with van der Waals surface area (Å²) < 4.78 is 5.70. The van der Waals surface area contributed by atoms with Gasteiger partial charge in [0.15, 0.2) is 0 Å². The Morgan fingerprint density at radius 2 is 1.65 bits per heavy atom. The second kappa shape index (κ2) is 8.12. The van der Waals surface area contributed by atoms with Gasteiger partial charge in [0.2, 0.25) is 10.8 Å². The van der Waals surface area contributed by atoms with E-state index < -0.39 is 4.87 Å². The van der Waals surface area contributed by atoms with E-state index in [9.17, 15) is 9.59 Å². The summed E-state index contributed by atoms with van der Waals surface area (Å²) in [5, 5.41) is 2.15. The van der Waals surface area contributed by atoms with Crippen molar-refractivity contribution in [1.29, 1.82) is 0 Å². The molecular weight excluding hydrogens is 446 g/mol. The highest BCUT2D eigenvalue weighted by atomic mass is 32.2. The van der Waals surface area contributed by atoms with Crippen LogP contribution in [0.2, 0.25) is 0 Å². The van der Waals surface area contributed by atoms with Gasteiger partial charge in [-0.25, -0.2) is 0 Å². The minimum absolute atomic E-state index is 0.0432. The zero-order chi connectivity index (χ0) is 23.4. The molecule has 3 aliphatic heterocycles. The van der Waals surface area contributed by atoms with Crippen molar-refractivity contribution >= 4 is 45.7 Å². The number of thioether (sulfide) groups is 1. The van der Waals surface area contributed by atoms with Crippen LogP contribution in [0.5, 0.6) is 0 Å². The van der Waals surface area contributed by atoms with Crippen molar-refractivity contribution in [2.24, 2.45) is 0 Å². The first-order chi connectivity index (χ1) is 16.5. The standard InChI is InChI=1S/C27H27N3O3S/c1-18-14-33-15-19(2)28(18)17-29-24-10-6-5-9-23(24)27(26(29)32)30(25(31)16-34-27)22-12-11-20-7-3-4-8-21(20)13-22/h3-13,18-19H,14-17H2,1-2H3. The van der Waals surface area contributed by atoms with Crippen LogP contribution in [0.25, 0.3) is 10.8 Å². The van der Waals surface area contributed by atoms with Crippen molar-refractivity contribution in [3.8, 4) is 0 Å². The highest BCUT2D eigenvalue weighted by Crippen LogP contribution is 2.55. The fourth-order valence-electron chi connectivity index (χ4n) is 5.49. The minimum atomic E-state index is -1.09. The van der Waals surface area contributed by atoms with Crippen LogP contribution < -0.4 is 9.80 Å². The SMILES string of the molecule is CC1COCC(C)N1CN1C(=O)C2(SCC(=O)N2c2ccc3ccccc3c2)c2ccccc21. The summed E-state index contributed by atoms with van der Waals surface area (Å²) in [7, 11) is 0. The number of hydrogen-bond acceptors (Lipinski definition) is 5. The third-order valence-corrected chi connectivity index (χ3v) is 8.60. The predicted molar refractivity (Wildman–Crippen MR) is 136 cm³/mol. The number of morpholine rings is 1. The van der Waals surface area contributed by atoms with E-state index >= 15 is 0 Å². The number of amides is 2. The highest BCUT2D eigenvalue weighted by Gasteiger charge is 2.61. The van der Waals surface area contributed by atoms with E-state index in [2.05, 4.69) is 24.8 Å². The summed E-state index contributed by atoms with van der Waals surface area (Å²) in [6.45, 7) is 6.04. The molecule has 3 atom stereocenters. The molecule has 3 unspecified atom stereocenters. The first kappa shape index (κ1) is 21.6. The van der Waals surface area contributed by atoms with Crippen LogP contribution in [0, 0.1) is 0 Å². The van der Waals surface area contributed by atoms with E-state index in [1.807, 2.05) is 65.6 Å². The van der Waals surface area contributed by atoms with Crippen LogP contribution in [0.3, 0.4) is 0 Å². The zero-order valence-corrected chi connectivity index (χ0v) is 20.1. The lowest BCUT2D eigenvalue weighted by Gasteiger charge is -2.41. The molecule has 0 aliphatic carbocycles. The molecule has 34 heavy (non-hydrogen) atoms. The van der Waals surface area contributed by atoms with Gasteiger partial charge in [-0.05, 0) is 42.8 Å². The van der Waals surface area contributed by atoms with Crippen LogP contribution in [0.4, 0.5) is 11.4 Å². The van der Waals surface area contributed by atoms with Gasteiger partial charge < -0.3 is 4.74 Å². The summed E-state index contributed by atoms with van der Waals surface area (Å²) >= 11 is 1.43. The molecule has 6 nitrogen and oxygen atoms in total. The molecule has 7 heteroatoms. The maximum absolute atomic E-state index is 14.3. The van der Waals surface area contributed by atoms with Crippen molar-refractivity contribution in [3.63, 3.8) is 0 Å². The molecule has 0 saturated carbocycles. The second-order valence-electron chi connectivity index (χ2n) is 9.33. The van der Waals surface area contributed by atoms with E-state index in [1.165, 1.54) is 11.8 Å². The maximum atomic E-state index is 14.3. The third kappa shape index (κ3) is 3.11. The van der Waals surface area contributed by atoms with Gasteiger partial charge in [0, 0.05) is 23.3 Å². The Morgan fingerprint density at radius 3 is 2.44 bits per heavy atom. The fourth-order valence-corrected chi connectivity index (χ4v) is 6.85. The van der Waals surface area contributed by atoms with E-state index in [0.29, 0.717) is 19.9 Å². The number of carbonyl (C=O) groups excluding carboxylic acids is 2. The molecule has 0 aromatic heterocycles. The maximum Gasteiger partial charge on any atom is 0.269 e. The quantitative estimate of drug-likeness (QED) is 0.571. The lowest BCUT2D eigenvalue weighted by atomic mass is 10.0. The number of nitrogens with zero attached hydrogens (tertiary/aromatic N) is 3. The van der Waals surface area contributed by atoms with Gasteiger partial charge in [0.05, 0.1) is 31.3 Å². The second-order valence-corrected chi connectivity index (χ2v) is 10.5. The number of benzene rings is 3. The van der Waals surface area contributed by atoms with Crippen LogP contribution in [-0.4, -0.2) is 54.4 Å². The third-order valence-electron chi connectivity index (χ3n) is 7.21. The Kier molecular flexibility index (Phi) is 5.17. The number of ether oxygens (including phenoxy) is 1. The largest absolute Gasteiger partial charge is 0.378 e. The molecule has 0 N–H and O–H groups in total. The lowest BCUT2D eigenvalue weighted by Crippen LogP contribution is -2.56. The van der Waals surface area contributed by atoms with Crippen molar-refractivity contribution in [1.82, 2.24) is 4.90 Å². The molecular formula is C27H27N3O3S. The highest BCUT2D eigenvalue weighted by molar-refractivity contribution is 8.02. The summed E-state index contributed by atoms with van der Waals surface area (Å²) in [5.41, 5.74) is 2.52. The monoisotopic (exact) mass is 473 g/mol. The van der Waals surface area contributed by atoms with E-state index in [1.54, 1.807) is 4.90 Å². The molecule has 2 saturated heterocycles. The van der Waals surface area contributed by atoms with Gasteiger partial charge in [-0.3, -0.25) is 24.3 Å². The molecule has 3 aromatic carbocycles. The molecule has 2 fully saturated rings. The first-order valence-corrected chi connectivity index (χ1v) is 12.7. The molecule has 1 spiro atoms. The number of carbonyl (C=O) groups is 2. The number of hydrogen-bond donors (Lipinski definition) is 0. The Hall–Kier alpha value is -2.87. The molecule has 0 radical (unpaired) electrons. The van der Waals surface area contributed by atoms with Gasteiger partial charge in [0.25, 0.3) is 5.91 Å². The van der Waals surface area contributed by atoms with E-state index in [-0.39, 0.29) is 29.7 Å². The van der Waals surface area contributed by atoms with Gasteiger partial charge in [-0.2, -0.15) is 0 Å². The molecule has 0 bridgehead atoms. The van der Waals surface area contributed by atoms with Crippen molar-refractivity contribution in [3.05, 3.63) is 72.3 Å². The number of rotatable bonds is 3. The topological polar surface area (TPSA) is 53.1 Å². The van der Waals surface area contributed by atoms with Crippen LogP contribution >= 0.6 is 11.8 Å². The van der Waals surface area contributed by atoms with Crippen LogP contribution in [0.1, 0.15) is 19.4 Å². The smallest absolute Gasteiger partial charge is 0.269 e. The lowest BCUT2D eigenvalue weighted by molar-refractivity contribution is -0.124. The molecule has 6 rings (SSSR count). The summed E-state index contributed by atoms with van der Waals surface area (Å²) in [5.74, 6) is 0.174. The average Bonchev–Trinajstić information content (AvgIpc) is 3.31. The summed E-state index contributed by atoms with van der Waals surface area (Å²) in [6, 6.07) is 22.4. The Labute approximate surface area is 203 Å². The first-order valence-electron chi connectivity index (χ1n) is 11.7. The number of fused-ring (bicyclic) bond motifs is 3. The fraction of sp³-hybridized carbons (Fsp3) is 0.333. The average molecular weight is 474 g/mol. The van der Waals surface area contributed by atoms with Gasteiger partial charge in [-0.1, -0.05) is 48.5 Å². The van der Waals surface area contributed by atoms with Crippen molar-refractivity contribution < 1.29 is 14.3 Å². The summed E-state index contributed by atoms with van der Waals surface area (Å²) in [6.07, 6.45) is 0. The van der Waals surface area contributed by atoms with Gasteiger partial charge >= 0.3 is 0 Å². The van der Waals surface area contributed by atoms with Gasteiger partial charge in [-0.15, -0.1) is 11.8 Å². The molecule has 3 heterocycles. The number of para-hydroxylation sites is 1. The molecule has 3 aromatic rings. The Morgan fingerprint density at radius 1 is 0.941 bits per heavy atom. The predicted octanol–water partition coefficient (Wildman–Crippen LogP) is 4.19. The molecule has 3 aliphatic rings. The van der Waals surface area contributed by atoms with Crippen molar-refractivity contribution in [2.75, 3.05) is 35.4 Å². The normalized spacial score (nSPS) is 27.2. The van der Waals surface area contributed by atoms with Crippen LogP contribution in [-0.2, 0) is 19.2 Å². The Balaban J connectivity index is 1.45. The minimum Gasteiger partial charge on any atom is -0.378 e. The Bertz CT molecular complexity index is 1290. The molecule has 2 amide bonds. The van der Waals surface area contributed by atoms with Crippen molar-refractivity contribution in [2.45, 2.75) is 30.8 Å². The van der Waals surface area contributed by atoms with E-state index in [4.69, 9.17) is 4.74 Å². The summed E-state index contributed by atoms with van der Waals surface area (Å²) in [4.78, 5) is 32.5. The zero-order valence-electron chi connectivity index (χ0n) is 19.3. The van der Waals surface area contributed by atoms with E-state index in [0.717, 1.165) is 27.7 Å². The number of anilines is 2.